The number of nitrogens with one attached hydrogen (secondary N) is 1. The molecule has 1 aliphatic heterocycles. The fourth-order valence-corrected chi connectivity index (χ4v) is 3.53. The fourth-order valence-electron chi connectivity index (χ4n) is 3.42. The molecule has 1 N–H and O–H groups in total. The summed E-state index contributed by atoms with van der Waals surface area (Å²) < 4.78 is 11.2. The van der Waals surface area contributed by atoms with E-state index in [9.17, 15) is 4.79 Å². The lowest BCUT2D eigenvalue weighted by Crippen LogP contribution is -2.36. The van der Waals surface area contributed by atoms with Gasteiger partial charge in [-0.2, -0.15) is 0 Å². The molecule has 0 aromatic heterocycles. The lowest BCUT2D eigenvalue weighted by molar-refractivity contribution is -0.127. The summed E-state index contributed by atoms with van der Waals surface area (Å²) in [5.74, 6) is 0.508. The fraction of sp³-hybridized carbons (Fsp3) is 0.435. The summed E-state index contributed by atoms with van der Waals surface area (Å²) in [7, 11) is 0. The number of carbonyl (C=O) groups excluding carboxylic acids is 1. The Labute approximate surface area is 177 Å². The van der Waals surface area contributed by atoms with E-state index in [1.54, 1.807) is 6.92 Å². The van der Waals surface area contributed by atoms with Gasteiger partial charge in [-0.15, -0.1) is 0 Å². The minimum absolute atomic E-state index is 0.145. The lowest BCUT2D eigenvalue weighted by atomic mass is 10.1. The number of hydrogen-bond acceptors (Lipinski definition) is 4. The van der Waals surface area contributed by atoms with Crippen molar-refractivity contribution in [2.45, 2.75) is 40.0 Å². The van der Waals surface area contributed by atoms with E-state index in [-0.39, 0.29) is 5.91 Å². The molecule has 1 atom stereocenters. The molecular weight excluding hydrogens is 388 g/mol. The predicted octanol–water partition coefficient (Wildman–Crippen LogP) is 3.87. The maximum absolute atomic E-state index is 12.5. The number of aryl methyl sites for hydroxylation is 2. The molecule has 1 fully saturated rings. The summed E-state index contributed by atoms with van der Waals surface area (Å²) in [6.45, 7) is 10.5. The Balaban J connectivity index is 1.52. The molecule has 1 saturated heterocycles. The number of nitrogens with zero attached hydrogens (tertiary/aromatic N) is 1. The first-order valence-corrected chi connectivity index (χ1v) is 10.4. The van der Waals surface area contributed by atoms with Crippen LogP contribution >= 0.6 is 11.6 Å². The smallest absolute Gasteiger partial charge is 0.261 e. The molecule has 0 bridgehead atoms. The summed E-state index contributed by atoms with van der Waals surface area (Å²) >= 11 is 6.20. The van der Waals surface area contributed by atoms with Crippen LogP contribution < -0.4 is 10.1 Å². The number of carbonyl (C=O) groups is 1. The Morgan fingerprint density at radius 3 is 2.52 bits per heavy atom. The van der Waals surface area contributed by atoms with E-state index >= 15 is 0 Å². The molecule has 1 amide bonds. The van der Waals surface area contributed by atoms with Gasteiger partial charge in [0.1, 0.15) is 5.75 Å². The molecule has 0 saturated carbocycles. The molecule has 0 unspecified atom stereocenters. The second kappa shape index (κ2) is 10.1. The van der Waals surface area contributed by atoms with Crippen molar-refractivity contribution in [1.82, 2.24) is 10.2 Å². The van der Waals surface area contributed by atoms with E-state index in [2.05, 4.69) is 22.3 Å². The van der Waals surface area contributed by atoms with Crippen LogP contribution in [0.1, 0.15) is 29.2 Å². The second-order valence-corrected chi connectivity index (χ2v) is 7.94. The number of halogens is 1. The van der Waals surface area contributed by atoms with Crippen LogP contribution in [0, 0.1) is 13.8 Å². The molecule has 29 heavy (non-hydrogen) atoms. The predicted molar refractivity (Wildman–Crippen MR) is 115 cm³/mol. The van der Waals surface area contributed by atoms with Gasteiger partial charge in [0.05, 0.1) is 13.2 Å². The molecule has 0 aliphatic carbocycles. The van der Waals surface area contributed by atoms with Crippen LogP contribution in [0.3, 0.4) is 0 Å². The third-order valence-corrected chi connectivity index (χ3v) is 5.66. The van der Waals surface area contributed by atoms with E-state index < -0.39 is 6.10 Å². The van der Waals surface area contributed by atoms with E-state index in [4.69, 9.17) is 21.1 Å². The van der Waals surface area contributed by atoms with Crippen molar-refractivity contribution >= 4 is 17.5 Å². The molecule has 1 heterocycles. The number of amides is 1. The average molecular weight is 417 g/mol. The van der Waals surface area contributed by atoms with Gasteiger partial charge in [-0.25, -0.2) is 0 Å². The van der Waals surface area contributed by atoms with Gasteiger partial charge in [-0.3, -0.25) is 9.69 Å². The zero-order valence-electron chi connectivity index (χ0n) is 17.3. The highest BCUT2D eigenvalue weighted by Gasteiger charge is 2.16. The molecule has 3 rings (SSSR count). The standard InChI is InChI=1S/C23H29ClN2O3/c1-16-11-21(12-17(2)22(16)24)29-18(3)23(27)25-14-19-5-4-6-20(13-19)15-26-7-9-28-10-8-26/h4-6,11-13,18H,7-10,14-15H2,1-3H3,(H,25,27)/t18-/m1/s1. The SMILES string of the molecule is Cc1cc(O[C@H](C)C(=O)NCc2cccc(CN3CCOCC3)c2)cc(C)c1Cl. The zero-order valence-corrected chi connectivity index (χ0v) is 18.1. The molecule has 6 heteroatoms. The number of rotatable bonds is 7. The maximum atomic E-state index is 12.5. The number of morpholine rings is 1. The molecule has 1 aliphatic rings. The summed E-state index contributed by atoms with van der Waals surface area (Å²) in [6, 6.07) is 12.0. The molecule has 0 spiro atoms. The van der Waals surface area contributed by atoms with Gasteiger partial charge in [0.25, 0.3) is 5.91 Å². The van der Waals surface area contributed by atoms with Gasteiger partial charge in [0.15, 0.2) is 6.10 Å². The highest BCUT2D eigenvalue weighted by atomic mass is 35.5. The Morgan fingerprint density at radius 2 is 1.83 bits per heavy atom. The van der Waals surface area contributed by atoms with Gasteiger partial charge in [-0.05, 0) is 55.2 Å². The quantitative estimate of drug-likeness (QED) is 0.744. The summed E-state index contributed by atoms with van der Waals surface area (Å²) in [4.78, 5) is 14.9. The first-order valence-electron chi connectivity index (χ1n) is 10.0. The van der Waals surface area contributed by atoms with Crippen LogP contribution in [0.5, 0.6) is 5.75 Å². The molecule has 2 aromatic rings. The van der Waals surface area contributed by atoms with Crippen LogP contribution in [0.25, 0.3) is 0 Å². The topological polar surface area (TPSA) is 50.8 Å². The third kappa shape index (κ3) is 6.20. The Morgan fingerprint density at radius 1 is 1.17 bits per heavy atom. The summed E-state index contributed by atoms with van der Waals surface area (Å²) in [5, 5.41) is 3.69. The average Bonchev–Trinajstić information content (AvgIpc) is 2.71. The largest absolute Gasteiger partial charge is 0.481 e. The van der Waals surface area contributed by atoms with Crippen molar-refractivity contribution in [3.05, 3.63) is 63.7 Å². The minimum Gasteiger partial charge on any atom is -0.481 e. The van der Waals surface area contributed by atoms with Crippen LogP contribution in [0.15, 0.2) is 36.4 Å². The number of benzene rings is 2. The first kappa shape index (κ1) is 21.6. The van der Waals surface area contributed by atoms with E-state index in [0.717, 1.165) is 54.6 Å². The van der Waals surface area contributed by atoms with Crippen LogP contribution in [0.2, 0.25) is 5.02 Å². The Hall–Kier alpha value is -2.08. The number of hydrogen-bond donors (Lipinski definition) is 1. The van der Waals surface area contributed by atoms with Crippen LogP contribution in [-0.2, 0) is 22.6 Å². The summed E-state index contributed by atoms with van der Waals surface area (Å²) in [5.41, 5.74) is 4.20. The monoisotopic (exact) mass is 416 g/mol. The van der Waals surface area contributed by atoms with Gasteiger partial charge in [0.2, 0.25) is 0 Å². The first-order chi connectivity index (χ1) is 13.9. The lowest BCUT2D eigenvalue weighted by Gasteiger charge is -2.26. The highest BCUT2D eigenvalue weighted by molar-refractivity contribution is 6.32. The third-order valence-electron chi connectivity index (χ3n) is 5.06. The van der Waals surface area contributed by atoms with Gasteiger partial charge < -0.3 is 14.8 Å². The van der Waals surface area contributed by atoms with Crippen molar-refractivity contribution in [3.63, 3.8) is 0 Å². The zero-order chi connectivity index (χ0) is 20.8. The van der Waals surface area contributed by atoms with Crippen molar-refractivity contribution in [1.29, 1.82) is 0 Å². The van der Waals surface area contributed by atoms with Crippen molar-refractivity contribution in [2.75, 3.05) is 26.3 Å². The van der Waals surface area contributed by atoms with E-state index in [0.29, 0.717) is 12.3 Å². The Bertz CT molecular complexity index is 827. The highest BCUT2D eigenvalue weighted by Crippen LogP contribution is 2.26. The van der Waals surface area contributed by atoms with Gasteiger partial charge >= 0.3 is 0 Å². The second-order valence-electron chi connectivity index (χ2n) is 7.56. The van der Waals surface area contributed by atoms with Crippen molar-refractivity contribution in [3.8, 4) is 5.75 Å². The molecular formula is C23H29ClN2O3. The van der Waals surface area contributed by atoms with Crippen LogP contribution in [0.4, 0.5) is 0 Å². The van der Waals surface area contributed by atoms with Crippen molar-refractivity contribution < 1.29 is 14.3 Å². The molecule has 5 nitrogen and oxygen atoms in total. The van der Waals surface area contributed by atoms with E-state index in [1.165, 1.54) is 5.56 Å². The maximum Gasteiger partial charge on any atom is 0.261 e. The van der Waals surface area contributed by atoms with Crippen molar-refractivity contribution in [2.24, 2.45) is 0 Å². The molecule has 0 radical (unpaired) electrons. The van der Waals surface area contributed by atoms with E-state index in [1.807, 2.05) is 38.1 Å². The van der Waals surface area contributed by atoms with Gasteiger partial charge in [0, 0.05) is 31.2 Å². The Kier molecular flexibility index (Phi) is 7.53. The molecule has 2 aromatic carbocycles. The van der Waals surface area contributed by atoms with Crippen LogP contribution in [-0.4, -0.2) is 43.2 Å². The minimum atomic E-state index is -0.591. The summed E-state index contributed by atoms with van der Waals surface area (Å²) in [6.07, 6.45) is -0.591. The van der Waals surface area contributed by atoms with Gasteiger partial charge in [-0.1, -0.05) is 35.9 Å². The normalized spacial score (nSPS) is 15.7. The number of ether oxygens (including phenoxy) is 2. The molecule has 156 valence electrons.